The smallest absolute Gasteiger partial charge is 0.337 e. The number of hydrogen-bond acceptors (Lipinski definition) is 4. The molecule has 1 amide bonds. The number of halogens is 3. The highest BCUT2D eigenvalue weighted by atomic mass is 79.9. The van der Waals surface area contributed by atoms with E-state index in [9.17, 15) is 14.7 Å². The molecule has 0 aliphatic heterocycles. The Balaban J connectivity index is 1.99. The summed E-state index contributed by atoms with van der Waals surface area (Å²) in [5, 5.41) is 15.0. The fraction of sp³-hybridized carbons (Fsp3) is 0.118. The van der Waals surface area contributed by atoms with Gasteiger partial charge >= 0.3 is 5.97 Å². The van der Waals surface area contributed by atoms with Gasteiger partial charge in [0.15, 0.2) is 11.7 Å². The zero-order valence-electron chi connectivity index (χ0n) is 13.8. The van der Waals surface area contributed by atoms with Crippen molar-refractivity contribution in [1.29, 1.82) is 0 Å². The van der Waals surface area contributed by atoms with E-state index in [-0.39, 0.29) is 23.0 Å². The summed E-state index contributed by atoms with van der Waals surface area (Å²) < 4.78 is 6.49. The molecule has 2 rings (SSSR count). The molecule has 2 aromatic carbocycles. The van der Waals surface area contributed by atoms with E-state index in [0.29, 0.717) is 19.7 Å². The fourth-order valence-corrected chi connectivity index (χ4v) is 3.86. The molecular formula is C17H13Br2ClN2O4S. The molecule has 0 fully saturated rings. The lowest BCUT2D eigenvalue weighted by molar-refractivity contribution is -0.121. The summed E-state index contributed by atoms with van der Waals surface area (Å²) in [6.45, 7) is 1.54. The van der Waals surface area contributed by atoms with E-state index in [1.54, 1.807) is 24.3 Å². The van der Waals surface area contributed by atoms with Gasteiger partial charge in [-0.2, -0.15) is 0 Å². The molecule has 0 radical (unpaired) electrons. The quantitative estimate of drug-likeness (QED) is 0.478. The highest BCUT2D eigenvalue weighted by Gasteiger charge is 2.17. The van der Waals surface area contributed by atoms with Crippen molar-refractivity contribution < 1.29 is 19.4 Å². The van der Waals surface area contributed by atoms with Crippen molar-refractivity contribution in [3.63, 3.8) is 0 Å². The molecule has 0 saturated carbocycles. The molecule has 2 aromatic rings. The number of carbonyl (C=O) groups excluding carboxylic acids is 1. The van der Waals surface area contributed by atoms with E-state index < -0.39 is 11.9 Å². The van der Waals surface area contributed by atoms with E-state index in [0.717, 1.165) is 5.56 Å². The van der Waals surface area contributed by atoms with Crippen LogP contribution in [0.4, 0.5) is 5.69 Å². The van der Waals surface area contributed by atoms with Crippen LogP contribution in [0.3, 0.4) is 0 Å². The van der Waals surface area contributed by atoms with Gasteiger partial charge in [0.25, 0.3) is 5.91 Å². The number of anilines is 1. The maximum Gasteiger partial charge on any atom is 0.337 e. The molecule has 6 nitrogen and oxygen atoms in total. The Hall–Kier alpha value is -1.68. The highest BCUT2D eigenvalue weighted by Crippen LogP contribution is 2.31. The van der Waals surface area contributed by atoms with Crippen molar-refractivity contribution in [1.82, 2.24) is 5.32 Å². The molecule has 0 aliphatic carbocycles. The molecule has 10 heteroatoms. The third-order valence-electron chi connectivity index (χ3n) is 3.27. The second-order valence-corrected chi connectivity index (χ2v) is 7.93. The van der Waals surface area contributed by atoms with Gasteiger partial charge in [-0.15, -0.1) is 0 Å². The van der Waals surface area contributed by atoms with Crippen LogP contribution in [0.15, 0.2) is 39.3 Å². The third-order valence-corrected chi connectivity index (χ3v) is 4.80. The van der Waals surface area contributed by atoms with Crippen molar-refractivity contribution >= 4 is 78.4 Å². The van der Waals surface area contributed by atoms with Gasteiger partial charge in [-0.3, -0.25) is 10.1 Å². The van der Waals surface area contributed by atoms with Gasteiger partial charge in [0.2, 0.25) is 0 Å². The molecule has 0 aromatic heterocycles. The average molecular weight is 537 g/mol. The number of carboxylic acid groups (broad SMARTS) is 1. The summed E-state index contributed by atoms with van der Waals surface area (Å²) in [4.78, 5) is 23.4. The number of carbonyl (C=O) groups is 2. The van der Waals surface area contributed by atoms with Crippen LogP contribution in [-0.2, 0) is 4.79 Å². The number of thiocarbonyl (C=S) groups is 1. The predicted octanol–water partition coefficient (Wildman–Crippen LogP) is 4.76. The Morgan fingerprint density at radius 1 is 1.26 bits per heavy atom. The number of ether oxygens (including phenoxy) is 1. The molecule has 27 heavy (non-hydrogen) atoms. The second kappa shape index (κ2) is 9.50. The standard InChI is InChI=1S/C17H13Br2ClN2O4S/c1-8-4-10(20)2-3-13(8)26-7-14(23)21-17(27)22-15-11(16(24)25)5-9(18)6-12(15)19/h2-6H,7H2,1H3,(H,24,25)(H2,21,22,23,27). The summed E-state index contributed by atoms with van der Waals surface area (Å²) in [5.41, 5.74) is 1.01. The average Bonchev–Trinajstić information content (AvgIpc) is 2.56. The summed E-state index contributed by atoms with van der Waals surface area (Å²) in [5.74, 6) is -1.11. The maximum atomic E-state index is 12.0. The zero-order valence-corrected chi connectivity index (χ0v) is 18.6. The lowest BCUT2D eigenvalue weighted by Gasteiger charge is -2.14. The maximum absolute atomic E-state index is 12.0. The molecule has 0 aliphatic rings. The van der Waals surface area contributed by atoms with Crippen LogP contribution in [-0.4, -0.2) is 28.7 Å². The first kappa shape index (κ1) is 21.6. The third kappa shape index (κ3) is 6.17. The Kier molecular flexibility index (Phi) is 7.60. The summed E-state index contributed by atoms with van der Waals surface area (Å²) >= 11 is 17.5. The summed E-state index contributed by atoms with van der Waals surface area (Å²) in [6.07, 6.45) is 0. The highest BCUT2D eigenvalue weighted by molar-refractivity contribution is 9.11. The number of amides is 1. The number of aromatic carboxylic acids is 1. The minimum atomic E-state index is -1.14. The number of aryl methyl sites for hydroxylation is 1. The Morgan fingerprint density at radius 2 is 1.96 bits per heavy atom. The first-order valence-corrected chi connectivity index (χ1v) is 9.76. The van der Waals surface area contributed by atoms with Crippen LogP contribution < -0.4 is 15.4 Å². The molecule has 142 valence electrons. The fourth-order valence-electron chi connectivity index (χ4n) is 2.09. The number of carboxylic acids is 1. The topological polar surface area (TPSA) is 87.7 Å². The number of benzene rings is 2. The van der Waals surface area contributed by atoms with Gasteiger partial charge in [0.05, 0.1) is 11.3 Å². The van der Waals surface area contributed by atoms with Crippen LogP contribution in [0.1, 0.15) is 15.9 Å². The van der Waals surface area contributed by atoms with Crippen LogP contribution >= 0.6 is 55.7 Å². The monoisotopic (exact) mass is 534 g/mol. The van der Waals surface area contributed by atoms with Gasteiger partial charge in [0.1, 0.15) is 5.75 Å². The van der Waals surface area contributed by atoms with Gasteiger partial charge < -0.3 is 15.2 Å². The minimum Gasteiger partial charge on any atom is -0.483 e. The first-order valence-electron chi connectivity index (χ1n) is 7.39. The van der Waals surface area contributed by atoms with Crippen LogP contribution in [0.2, 0.25) is 5.02 Å². The van der Waals surface area contributed by atoms with Crippen molar-refractivity contribution in [3.05, 3.63) is 55.4 Å². The van der Waals surface area contributed by atoms with Gasteiger partial charge in [-0.25, -0.2) is 4.79 Å². The van der Waals surface area contributed by atoms with Crippen molar-refractivity contribution in [2.24, 2.45) is 0 Å². The van der Waals surface area contributed by atoms with Crippen molar-refractivity contribution in [3.8, 4) is 5.75 Å². The molecule has 0 unspecified atom stereocenters. The number of rotatable bonds is 5. The van der Waals surface area contributed by atoms with E-state index in [1.165, 1.54) is 6.07 Å². The zero-order chi connectivity index (χ0) is 20.1. The van der Waals surface area contributed by atoms with Crippen LogP contribution in [0.25, 0.3) is 0 Å². The van der Waals surface area contributed by atoms with E-state index >= 15 is 0 Å². The van der Waals surface area contributed by atoms with Crippen LogP contribution in [0, 0.1) is 6.92 Å². The molecule has 0 atom stereocenters. The normalized spacial score (nSPS) is 10.2. The van der Waals surface area contributed by atoms with Crippen LogP contribution in [0.5, 0.6) is 5.75 Å². The van der Waals surface area contributed by atoms with Gasteiger partial charge in [-0.1, -0.05) is 27.5 Å². The van der Waals surface area contributed by atoms with Crippen molar-refractivity contribution in [2.45, 2.75) is 6.92 Å². The molecule has 0 spiro atoms. The molecule has 0 saturated heterocycles. The molecular weight excluding hydrogens is 524 g/mol. The SMILES string of the molecule is Cc1cc(Cl)ccc1OCC(=O)NC(=S)Nc1c(Br)cc(Br)cc1C(=O)O. The molecule has 0 bridgehead atoms. The summed E-state index contributed by atoms with van der Waals surface area (Å²) in [6, 6.07) is 8.13. The van der Waals surface area contributed by atoms with Gasteiger partial charge in [0, 0.05) is 14.0 Å². The minimum absolute atomic E-state index is 0.0131. The van der Waals surface area contributed by atoms with Gasteiger partial charge in [-0.05, 0) is 71.0 Å². The van der Waals surface area contributed by atoms with E-state index in [4.69, 9.17) is 28.6 Å². The van der Waals surface area contributed by atoms with E-state index in [2.05, 4.69) is 42.5 Å². The number of hydrogen-bond donors (Lipinski definition) is 3. The molecule has 0 heterocycles. The predicted molar refractivity (Wildman–Crippen MR) is 115 cm³/mol. The lowest BCUT2D eigenvalue weighted by atomic mass is 10.2. The summed E-state index contributed by atoms with van der Waals surface area (Å²) in [7, 11) is 0. The van der Waals surface area contributed by atoms with E-state index in [1.807, 2.05) is 6.92 Å². The lowest BCUT2D eigenvalue weighted by Crippen LogP contribution is -2.37. The Labute approximate surface area is 182 Å². The Morgan fingerprint density at radius 3 is 2.59 bits per heavy atom. The first-order chi connectivity index (χ1) is 12.7. The largest absolute Gasteiger partial charge is 0.483 e. The van der Waals surface area contributed by atoms with Crippen molar-refractivity contribution in [2.75, 3.05) is 11.9 Å². The Bertz CT molecular complexity index is 924. The molecule has 3 N–H and O–H groups in total. The number of nitrogens with one attached hydrogen (secondary N) is 2. The second-order valence-electron chi connectivity index (χ2n) is 5.32.